The SMILES string of the molecule is Cc1cc(C)cc(NC(=O)c2cc(C)nc(NCCc3c[nH]c4ccccc34)n2)c1. The predicted molar refractivity (Wildman–Crippen MR) is 121 cm³/mol. The number of aromatic nitrogens is 3. The summed E-state index contributed by atoms with van der Waals surface area (Å²) in [6.45, 7) is 6.55. The third-order valence-corrected chi connectivity index (χ3v) is 4.92. The van der Waals surface area contributed by atoms with E-state index in [1.54, 1.807) is 6.07 Å². The minimum Gasteiger partial charge on any atom is -0.361 e. The van der Waals surface area contributed by atoms with Crippen LogP contribution < -0.4 is 10.6 Å². The molecule has 0 fully saturated rings. The molecule has 0 atom stereocenters. The quantitative estimate of drug-likeness (QED) is 0.435. The molecule has 0 saturated heterocycles. The lowest BCUT2D eigenvalue weighted by Crippen LogP contribution is -2.17. The predicted octanol–water partition coefficient (Wildman–Crippen LogP) is 4.79. The number of amides is 1. The maximum Gasteiger partial charge on any atom is 0.274 e. The maximum atomic E-state index is 12.7. The largest absolute Gasteiger partial charge is 0.361 e. The van der Waals surface area contributed by atoms with E-state index in [1.165, 1.54) is 10.9 Å². The number of nitrogens with zero attached hydrogens (tertiary/aromatic N) is 2. The van der Waals surface area contributed by atoms with Gasteiger partial charge in [0.05, 0.1) is 0 Å². The van der Waals surface area contributed by atoms with Crippen LogP contribution in [0.4, 0.5) is 11.6 Å². The zero-order chi connectivity index (χ0) is 21.1. The van der Waals surface area contributed by atoms with Crippen LogP contribution >= 0.6 is 0 Å². The second-order valence-corrected chi connectivity index (χ2v) is 7.58. The van der Waals surface area contributed by atoms with Crippen molar-refractivity contribution in [1.82, 2.24) is 15.0 Å². The summed E-state index contributed by atoms with van der Waals surface area (Å²) in [5, 5.41) is 7.40. The van der Waals surface area contributed by atoms with Crippen LogP contribution in [0.2, 0.25) is 0 Å². The molecule has 0 saturated carbocycles. The lowest BCUT2D eigenvalue weighted by atomic mass is 10.1. The number of carbonyl (C=O) groups excluding carboxylic acids is 1. The summed E-state index contributed by atoms with van der Waals surface area (Å²) in [6, 6.07) is 15.9. The number of aryl methyl sites for hydroxylation is 3. The van der Waals surface area contributed by atoms with Gasteiger partial charge in [0.1, 0.15) is 5.69 Å². The zero-order valence-corrected chi connectivity index (χ0v) is 17.4. The molecule has 0 radical (unpaired) electrons. The Hall–Kier alpha value is -3.67. The van der Waals surface area contributed by atoms with Crippen LogP contribution in [0.5, 0.6) is 0 Å². The maximum absolute atomic E-state index is 12.7. The van der Waals surface area contributed by atoms with Crippen LogP contribution in [0.1, 0.15) is 32.9 Å². The third-order valence-electron chi connectivity index (χ3n) is 4.92. The molecule has 2 aromatic carbocycles. The molecule has 30 heavy (non-hydrogen) atoms. The van der Waals surface area contributed by atoms with Gasteiger partial charge in [0.2, 0.25) is 5.95 Å². The summed E-state index contributed by atoms with van der Waals surface area (Å²) in [5.41, 5.74) is 6.42. The Morgan fingerprint density at radius 1 is 1.00 bits per heavy atom. The highest BCUT2D eigenvalue weighted by atomic mass is 16.1. The Balaban J connectivity index is 1.44. The average Bonchev–Trinajstić information content (AvgIpc) is 3.10. The Labute approximate surface area is 175 Å². The molecule has 2 aromatic heterocycles. The van der Waals surface area contributed by atoms with E-state index in [2.05, 4.69) is 43.8 Å². The summed E-state index contributed by atoms with van der Waals surface area (Å²) < 4.78 is 0. The van der Waals surface area contributed by atoms with Crippen molar-refractivity contribution in [3.05, 3.63) is 82.8 Å². The summed E-state index contributed by atoms with van der Waals surface area (Å²) in [7, 11) is 0. The van der Waals surface area contributed by atoms with Crippen molar-refractivity contribution in [2.75, 3.05) is 17.2 Å². The second-order valence-electron chi connectivity index (χ2n) is 7.58. The van der Waals surface area contributed by atoms with Gasteiger partial charge in [-0.25, -0.2) is 9.97 Å². The molecule has 4 rings (SSSR count). The van der Waals surface area contributed by atoms with Crippen LogP contribution in [0.3, 0.4) is 0 Å². The van der Waals surface area contributed by atoms with E-state index in [-0.39, 0.29) is 5.91 Å². The fourth-order valence-electron chi connectivity index (χ4n) is 3.65. The molecule has 0 aliphatic carbocycles. The first-order chi connectivity index (χ1) is 14.5. The van der Waals surface area contributed by atoms with E-state index < -0.39 is 0 Å². The lowest BCUT2D eigenvalue weighted by Gasteiger charge is -2.10. The Bertz CT molecular complexity index is 1190. The van der Waals surface area contributed by atoms with Gasteiger partial charge in [-0.3, -0.25) is 4.79 Å². The zero-order valence-electron chi connectivity index (χ0n) is 17.4. The number of carbonyl (C=O) groups is 1. The van der Waals surface area contributed by atoms with Crippen molar-refractivity contribution < 1.29 is 4.79 Å². The van der Waals surface area contributed by atoms with Crippen molar-refractivity contribution in [1.29, 1.82) is 0 Å². The molecular formula is C24H25N5O. The lowest BCUT2D eigenvalue weighted by molar-refractivity contribution is 0.102. The van der Waals surface area contributed by atoms with Crippen molar-refractivity contribution in [2.45, 2.75) is 27.2 Å². The Morgan fingerprint density at radius 2 is 1.77 bits per heavy atom. The molecule has 1 amide bonds. The monoisotopic (exact) mass is 399 g/mol. The fraction of sp³-hybridized carbons (Fsp3) is 0.208. The summed E-state index contributed by atoms with van der Waals surface area (Å²) in [5.74, 6) is 0.214. The molecule has 0 spiro atoms. The smallest absolute Gasteiger partial charge is 0.274 e. The van der Waals surface area contributed by atoms with Crippen LogP contribution in [0.15, 0.2) is 54.7 Å². The van der Waals surface area contributed by atoms with E-state index in [4.69, 9.17) is 0 Å². The van der Waals surface area contributed by atoms with Crippen molar-refractivity contribution in [2.24, 2.45) is 0 Å². The molecule has 0 unspecified atom stereocenters. The number of para-hydroxylation sites is 1. The van der Waals surface area contributed by atoms with Gasteiger partial charge >= 0.3 is 0 Å². The standard InChI is InChI=1S/C24H25N5O/c1-15-10-16(2)12-19(11-15)28-23(30)22-13-17(3)27-24(29-22)25-9-8-18-14-26-21-7-5-4-6-20(18)21/h4-7,10-14,26H,8-9H2,1-3H3,(H,28,30)(H,25,27,29). The van der Waals surface area contributed by atoms with E-state index in [0.717, 1.165) is 34.4 Å². The number of rotatable bonds is 6. The van der Waals surface area contributed by atoms with Gasteiger partial charge in [-0.05, 0) is 68.1 Å². The summed E-state index contributed by atoms with van der Waals surface area (Å²) in [4.78, 5) is 24.8. The van der Waals surface area contributed by atoms with Gasteiger partial charge in [-0.15, -0.1) is 0 Å². The Morgan fingerprint density at radius 3 is 2.57 bits per heavy atom. The highest BCUT2D eigenvalue weighted by molar-refractivity contribution is 6.03. The highest BCUT2D eigenvalue weighted by Crippen LogP contribution is 2.18. The van der Waals surface area contributed by atoms with Crippen molar-refractivity contribution in [3.8, 4) is 0 Å². The number of fused-ring (bicyclic) bond motifs is 1. The average molecular weight is 399 g/mol. The number of hydrogen-bond donors (Lipinski definition) is 3. The van der Waals surface area contributed by atoms with E-state index in [0.29, 0.717) is 18.2 Å². The number of nitrogens with one attached hydrogen (secondary N) is 3. The first kappa shape index (κ1) is 19.6. The van der Waals surface area contributed by atoms with Crippen molar-refractivity contribution in [3.63, 3.8) is 0 Å². The highest BCUT2D eigenvalue weighted by Gasteiger charge is 2.12. The number of H-pyrrole nitrogens is 1. The molecule has 152 valence electrons. The van der Waals surface area contributed by atoms with Crippen LogP contribution in [-0.2, 0) is 6.42 Å². The molecule has 2 heterocycles. The van der Waals surface area contributed by atoms with E-state index >= 15 is 0 Å². The fourth-order valence-corrected chi connectivity index (χ4v) is 3.65. The van der Waals surface area contributed by atoms with Crippen LogP contribution in [-0.4, -0.2) is 27.4 Å². The number of aromatic amines is 1. The summed E-state index contributed by atoms with van der Waals surface area (Å²) in [6.07, 6.45) is 2.86. The first-order valence-electron chi connectivity index (χ1n) is 10.0. The van der Waals surface area contributed by atoms with Crippen molar-refractivity contribution >= 4 is 28.4 Å². The number of hydrogen-bond acceptors (Lipinski definition) is 4. The first-order valence-corrected chi connectivity index (χ1v) is 10.0. The molecule has 3 N–H and O–H groups in total. The molecule has 6 heteroatoms. The normalized spacial score (nSPS) is 10.9. The molecule has 0 aliphatic rings. The summed E-state index contributed by atoms with van der Waals surface area (Å²) >= 11 is 0. The van der Waals surface area contributed by atoms with Crippen LogP contribution in [0, 0.1) is 20.8 Å². The Kier molecular flexibility index (Phi) is 5.48. The van der Waals surface area contributed by atoms with Crippen LogP contribution in [0.25, 0.3) is 10.9 Å². The second kappa shape index (κ2) is 8.37. The third kappa shape index (κ3) is 4.49. The molecule has 0 aliphatic heterocycles. The van der Waals surface area contributed by atoms with Gasteiger partial charge in [0.25, 0.3) is 5.91 Å². The number of anilines is 2. The topological polar surface area (TPSA) is 82.7 Å². The molecule has 4 aromatic rings. The van der Waals surface area contributed by atoms with Gasteiger partial charge in [-0.1, -0.05) is 24.3 Å². The molecular weight excluding hydrogens is 374 g/mol. The molecule has 6 nitrogen and oxygen atoms in total. The van der Waals surface area contributed by atoms with Gasteiger partial charge < -0.3 is 15.6 Å². The minimum atomic E-state index is -0.245. The van der Waals surface area contributed by atoms with E-state index in [1.807, 2.05) is 51.2 Å². The van der Waals surface area contributed by atoms with E-state index in [9.17, 15) is 4.79 Å². The minimum absolute atomic E-state index is 0.245. The van der Waals surface area contributed by atoms with Gasteiger partial charge in [0.15, 0.2) is 0 Å². The molecule has 0 bridgehead atoms. The van der Waals surface area contributed by atoms with Gasteiger partial charge in [0, 0.05) is 35.0 Å². The number of benzene rings is 2. The van der Waals surface area contributed by atoms with Gasteiger partial charge in [-0.2, -0.15) is 0 Å².